The summed E-state index contributed by atoms with van der Waals surface area (Å²) in [6, 6.07) is 9.72. The predicted octanol–water partition coefficient (Wildman–Crippen LogP) is 5.22. The number of ether oxygens (including phenoxy) is 1. The number of hydrogen-bond acceptors (Lipinski definition) is 4. The molecule has 164 valence electrons. The molecule has 1 fully saturated rings. The lowest BCUT2D eigenvalue weighted by Gasteiger charge is -2.25. The van der Waals surface area contributed by atoms with Gasteiger partial charge in [-0.3, -0.25) is 0 Å². The van der Waals surface area contributed by atoms with E-state index in [2.05, 4.69) is 5.32 Å². The molecule has 1 aliphatic heterocycles. The van der Waals surface area contributed by atoms with Crippen LogP contribution < -0.4 is 10.1 Å². The van der Waals surface area contributed by atoms with Crippen molar-refractivity contribution in [1.82, 2.24) is 5.32 Å². The zero-order valence-corrected chi connectivity index (χ0v) is 16.7. The van der Waals surface area contributed by atoms with E-state index in [1.54, 1.807) is 18.2 Å². The standard InChI is InChI=1S/C18H19F2NOS.C2HF3O2/c1-22-17-11-14(3-4-16(17)20)23-18-5-2-13(19)10-15(18)12-6-8-21-9-7-12;3-2(4,5)1(6)7/h2-5,10-12,21H,6-9H2,1H3;(H,6,7). The first-order valence-electron chi connectivity index (χ1n) is 8.93. The fourth-order valence-electron chi connectivity index (χ4n) is 2.89. The van der Waals surface area contributed by atoms with Gasteiger partial charge in [0.2, 0.25) is 0 Å². The molecule has 2 aromatic rings. The fraction of sp³-hybridized carbons (Fsp3) is 0.350. The Morgan fingerprint density at radius 2 is 1.77 bits per heavy atom. The van der Waals surface area contributed by atoms with Gasteiger partial charge in [-0.2, -0.15) is 13.2 Å². The minimum Gasteiger partial charge on any atom is -0.494 e. The number of piperidine rings is 1. The first kappa shape index (κ1) is 23.9. The minimum absolute atomic E-state index is 0.209. The lowest BCUT2D eigenvalue weighted by Crippen LogP contribution is -2.26. The topological polar surface area (TPSA) is 58.6 Å². The summed E-state index contributed by atoms with van der Waals surface area (Å²) in [5.74, 6) is -2.76. The summed E-state index contributed by atoms with van der Waals surface area (Å²) in [4.78, 5) is 10.8. The van der Waals surface area contributed by atoms with E-state index in [0.29, 0.717) is 5.92 Å². The van der Waals surface area contributed by atoms with E-state index in [0.717, 1.165) is 41.3 Å². The van der Waals surface area contributed by atoms with Crippen LogP contribution in [0.3, 0.4) is 0 Å². The lowest BCUT2D eigenvalue weighted by atomic mass is 9.90. The van der Waals surface area contributed by atoms with Crippen LogP contribution in [0.15, 0.2) is 46.2 Å². The highest BCUT2D eigenvalue weighted by Gasteiger charge is 2.38. The molecule has 0 bridgehead atoms. The molecular weight excluding hydrogens is 429 g/mol. The zero-order chi connectivity index (χ0) is 22.3. The van der Waals surface area contributed by atoms with Gasteiger partial charge < -0.3 is 15.2 Å². The van der Waals surface area contributed by atoms with Gasteiger partial charge in [0, 0.05) is 9.79 Å². The number of rotatable bonds is 4. The third kappa shape index (κ3) is 6.88. The number of nitrogens with one attached hydrogen (secondary N) is 1. The summed E-state index contributed by atoms with van der Waals surface area (Å²) in [5.41, 5.74) is 1.04. The van der Waals surface area contributed by atoms with Crippen molar-refractivity contribution in [3.63, 3.8) is 0 Å². The molecule has 0 aromatic heterocycles. The highest BCUT2D eigenvalue weighted by molar-refractivity contribution is 7.99. The van der Waals surface area contributed by atoms with E-state index in [1.807, 2.05) is 6.07 Å². The number of carbonyl (C=O) groups is 1. The summed E-state index contributed by atoms with van der Waals surface area (Å²) in [5, 5.41) is 10.5. The monoisotopic (exact) mass is 449 g/mol. The number of aliphatic carboxylic acids is 1. The molecule has 4 nitrogen and oxygen atoms in total. The second kappa shape index (κ2) is 10.6. The molecule has 0 radical (unpaired) electrons. The van der Waals surface area contributed by atoms with E-state index in [-0.39, 0.29) is 17.4 Å². The molecular formula is C20H20F5NO3S. The first-order chi connectivity index (χ1) is 14.1. The van der Waals surface area contributed by atoms with Crippen molar-refractivity contribution in [3.05, 3.63) is 53.6 Å². The molecule has 1 heterocycles. The summed E-state index contributed by atoms with van der Waals surface area (Å²) >= 11 is 1.52. The molecule has 0 amide bonds. The number of halogens is 5. The lowest BCUT2D eigenvalue weighted by molar-refractivity contribution is -0.192. The maximum Gasteiger partial charge on any atom is 0.490 e. The van der Waals surface area contributed by atoms with Crippen LogP contribution in [0.2, 0.25) is 0 Å². The minimum atomic E-state index is -5.08. The molecule has 1 aliphatic rings. The smallest absolute Gasteiger partial charge is 0.490 e. The van der Waals surface area contributed by atoms with Gasteiger partial charge in [-0.1, -0.05) is 11.8 Å². The molecule has 10 heteroatoms. The summed E-state index contributed by atoms with van der Waals surface area (Å²) in [6.45, 7) is 1.91. The Kier molecular flexibility index (Phi) is 8.48. The summed E-state index contributed by atoms with van der Waals surface area (Å²) < 4.78 is 64.0. The average molecular weight is 449 g/mol. The van der Waals surface area contributed by atoms with Crippen LogP contribution in [0.1, 0.15) is 24.3 Å². The van der Waals surface area contributed by atoms with Crippen molar-refractivity contribution in [2.45, 2.75) is 34.7 Å². The maximum absolute atomic E-state index is 13.7. The third-order valence-corrected chi connectivity index (χ3v) is 5.43. The molecule has 1 saturated heterocycles. The van der Waals surface area contributed by atoms with E-state index in [4.69, 9.17) is 14.6 Å². The van der Waals surface area contributed by atoms with Crippen LogP contribution in [-0.4, -0.2) is 37.5 Å². The van der Waals surface area contributed by atoms with Gasteiger partial charge in [-0.25, -0.2) is 13.6 Å². The van der Waals surface area contributed by atoms with Crippen molar-refractivity contribution >= 4 is 17.7 Å². The van der Waals surface area contributed by atoms with Crippen LogP contribution in [0, 0.1) is 11.6 Å². The van der Waals surface area contributed by atoms with Crippen molar-refractivity contribution < 1.29 is 36.6 Å². The Morgan fingerprint density at radius 1 is 1.13 bits per heavy atom. The highest BCUT2D eigenvalue weighted by Crippen LogP contribution is 2.38. The van der Waals surface area contributed by atoms with E-state index in [9.17, 15) is 22.0 Å². The predicted molar refractivity (Wildman–Crippen MR) is 102 cm³/mol. The van der Waals surface area contributed by atoms with Crippen LogP contribution in [-0.2, 0) is 4.79 Å². The fourth-order valence-corrected chi connectivity index (χ4v) is 3.93. The highest BCUT2D eigenvalue weighted by atomic mass is 32.2. The summed E-state index contributed by atoms with van der Waals surface area (Å²) in [7, 11) is 1.45. The number of benzene rings is 2. The Balaban J connectivity index is 0.000000396. The van der Waals surface area contributed by atoms with Crippen molar-refractivity contribution in [2.24, 2.45) is 0 Å². The summed E-state index contributed by atoms with van der Waals surface area (Å²) in [6.07, 6.45) is -3.08. The number of hydrogen-bond donors (Lipinski definition) is 2. The Hall–Kier alpha value is -2.33. The molecule has 0 atom stereocenters. The van der Waals surface area contributed by atoms with Gasteiger partial charge in [0.25, 0.3) is 0 Å². The maximum atomic E-state index is 13.7. The van der Waals surface area contributed by atoms with Crippen LogP contribution >= 0.6 is 11.8 Å². The Labute approximate surface area is 174 Å². The van der Waals surface area contributed by atoms with E-state index in [1.165, 1.54) is 31.0 Å². The quantitative estimate of drug-likeness (QED) is 0.627. The van der Waals surface area contributed by atoms with E-state index >= 15 is 0 Å². The molecule has 0 saturated carbocycles. The zero-order valence-electron chi connectivity index (χ0n) is 15.9. The molecule has 0 aliphatic carbocycles. The number of alkyl halides is 3. The van der Waals surface area contributed by atoms with Gasteiger partial charge in [-0.05, 0) is 73.8 Å². The third-order valence-electron chi connectivity index (χ3n) is 4.34. The Morgan fingerprint density at radius 3 is 2.33 bits per heavy atom. The van der Waals surface area contributed by atoms with Gasteiger partial charge >= 0.3 is 12.1 Å². The number of methoxy groups -OCH3 is 1. The van der Waals surface area contributed by atoms with Crippen LogP contribution in [0.4, 0.5) is 22.0 Å². The number of carboxylic acids is 1. The van der Waals surface area contributed by atoms with Crippen molar-refractivity contribution in [2.75, 3.05) is 20.2 Å². The number of carboxylic acid groups (broad SMARTS) is 1. The van der Waals surface area contributed by atoms with Crippen molar-refractivity contribution in [1.29, 1.82) is 0 Å². The molecule has 30 heavy (non-hydrogen) atoms. The average Bonchev–Trinajstić information content (AvgIpc) is 2.71. The SMILES string of the molecule is COc1cc(Sc2ccc(F)cc2C2CCNCC2)ccc1F.O=C(O)C(F)(F)F. The van der Waals surface area contributed by atoms with Crippen LogP contribution in [0.25, 0.3) is 0 Å². The van der Waals surface area contributed by atoms with Gasteiger partial charge in [0.15, 0.2) is 11.6 Å². The Bertz CT molecular complexity index is 870. The molecule has 2 aromatic carbocycles. The van der Waals surface area contributed by atoms with Gasteiger partial charge in [0.1, 0.15) is 5.82 Å². The van der Waals surface area contributed by atoms with Gasteiger partial charge in [0.05, 0.1) is 7.11 Å². The van der Waals surface area contributed by atoms with E-state index < -0.39 is 12.1 Å². The molecule has 3 rings (SSSR count). The molecule has 0 unspecified atom stereocenters. The van der Waals surface area contributed by atoms with Gasteiger partial charge in [-0.15, -0.1) is 0 Å². The second-order valence-electron chi connectivity index (χ2n) is 6.41. The first-order valence-corrected chi connectivity index (χ1v) is 9.75. The van der Waals surface area contributed by atoms with Crippen molar-refractivity contribution in [3.8, 4) is 5.75 Å². The second-order valence-corrected chi connectivity index (χ2v) is 7.52. The van der Waals surface area contributed by atoms with Crippen LogP contribution in [0.5, 0.6) is 5.75 Å². The normalized spacial score (nSPS) is 14.6. The molecule has 2 N–H and O–H groups in total. The largest absolute Gasteiger partial charge is 0.494 e. The molecule has 0 spiro atoms.